The van der Waals surface area contributed by atoms with E-state index in [-0.39, 0.29) is 5.91 Å². The van der Waals surface area contributed by atoms with Gasteiger partial charge in [0.1, 0.15) is 0 Å². The fourth-order valence-corrected chi connectivity index (χ4v) is 2.38. The number of para-hydroxylation sites is 1. The molecule has 0 saturated heterocycles. The molecule has 0 radical (unpaired) electrons. The quantitative estimate of drug-likeness (QED) is 0.822. The molecule has 0 atom stereocenters. The van der Waals surface area contributed by atoms with Crippen LogP contribution in [0.25, 0.3) is 0 Å². The number of hydrogen-bond donors (Lipinski definition) is 2. The fourth-order valence-electron chi connectivity index (χ4n) is 2.38. The highest BCUT2D eigenvalue weighted by Gasteiger charge is 2.17. The monoisotopic (exact) mass is 260 g/mol. The van der Waals surface area contributed by atoms with Crippen LogP contribution < -0.4 is 10.6 Å². The van der Waals surface area contributed by atoms with Crippen LogP contribution in [0.2, 0.25) is 0 Å². The maximum absolute atomic E-state index is 12.2. The number of carbonyl (C=O) groups is 1. The number of nitrogens with one attached hydrogen (secondary N) is 2. The number of hydrogen-bond acceptors (Lipinski definition) is 2. The number of rotatable bonds is 6. The molecular weight excluding hydrogens is 236 g/mol. The summed E-state index contributed by atoms with van der Waals surface area (Å²) in [6, 6.07) is 8.02. The van der Waals surface area contributed by atoms with Gasteiger partial charge in [0.15, 0.2) is 0 Å². The molecule has 19 heavy (non-hydrogen) atoms. The minimum Gasteiger partial charge on any atom is -0.382 e. The first-order chi connectivity index (χ1) is 9.16. The maximum atomic E-state index is 12.2. The lowest BCUT2D eigenvalue weighted by Crippen LogP contribution is -2.28. The fraction of sp³-hybridized carbons (Fsp3) is 0.562. The van der Waals surface area contributed by atoms with Gasteiger partial charge in [-0.05, 0) is 38.3 Å². The van der Waals surface area contributed by atoms with Crippen LogP contribution in [0.4, 0.5) is 5.69 Å². The van der Waals surface area contributed by atoms with Crippen molar-refractivity contribution in [1.29, 1.82) is 0 Å². The summed E-state index contributed by atoms with van der Waals surface area (Å²) in [7, 11) is 0. The van der Waals surface area contributed by atoms with E-state index in [2.05, 4.69) is 24.5 Å². The van der Waals surface area contributed by atoms with Crippen molar-refractivity contribution in [1.82, 2.24) is 5.32 Å². The van der Waals surface area contributed by atoms with Gasteiger partial charge in [0, 0.05) is 18.3 Å². The third-order valence-corrected chi connectivity index (χ3v) is 3.68. The van der Waals surface area contributed by atoms with Crippen molar-refractivity contribution in [3.05, 3.63) is 29.8 Å². The summed E-state index contributed by atoms with van der Waals surface area (Å²) in [6.45, 7) is 4.94. The summed E-state index contributed by atoms with van der Waals surface area (Å²) in [5.41, 5.74) is 1.66. The van der Waals surface area contributed by atoms with Crippen LogP contribution in [0.3, 0.4) is 0 Å². The van der Waals surface area contributed by atoms with Crippen LogP contribution in [0.1, 0.15) is 49.9 Å². The summed E-state index contributed by atoms with van der Waals surface area (Å²) in [5.74, 6) is 0.868. The summed E-state index contributed by atoms with van der Waals surface area (Å²) in [6.07, 6.45) is 5.15. The van der Waals surface area contributed by atoms with E-state index in [9.17, 15) is 4.79 Å². The Balaban J connectivity index is 1.89. The summed E-state index contributed by atoms with van der Waals surface area (Å²) in [4.78, 5) is 12.2. The Labute approximate surface area is 115 Å². The smallest absolute Gasteiger partial charge is 0.253 e. The average molecular weight is 260 g/mol. The summed E-state index contributed by atoms with van der Waals surface area (Å²) < 4.78 is 0. The predicted octanol–water partition coefficient (Wildman–Crippen LogP) is 3.43. The van der Waals surface area contributed by atoms with Crippen molar-refractivity contribution in [3.63, 3.8) is 0 Å². The Kier molecular flexibility index (Phi) is 4.83. The van der Waals surface area contributed by atoms with Crippen LogP contribution in [0.5, 0.6) is 0 Å². The molecule has 1 aliphatic carbocycles. The zero-order valence-electron chi connectivity index (χ0n) is 11.9. The largest absolute Gasteiger partial charge is 0.382 e. The van der Waals surface area contributed by atoms with E-state index in [0.29, 0.717) is 6.04 Å². The third kappa shape index (κ3) is 3.98. The second-order valence-corrected chi connectivity index (χ2v) is 5.69. The number of amides is 1. The lowest BCUT2D eigenvalue weighted by Gasteiger charge is -2.25. The topological polar surface area (TPSA) is 41.1 Å². The molecule has 0 aliphatic heterocycles. The van der Waals surface area contributed by atoms with E-state index >= 15 is 0 Å². The van der Waals surface area contributed by atoms with Crippen LogP contribution >= 0.6 is 0 Å². The van der Waals surface area contributed by atoms with Crippen LogP contribution in [0, 0.1) is 5.92 Å². The standard InChI is InChI=1S/C16H24N2O/c1-12(2)18-15-9-4-3-8-14(15)16(19)17-11-10-13-6-5-7-13/h3-4,8-9,12-13,18H,5-7,10-11H2,1-2H3,(H,17,19). The minimum atomic E-state index is 0.0306. The van der Waals surface area contributed by atoms with Crippen molar-refractivity contribution in [2.75, 3.05) is 11.9 Å². The van der Waals surface area contributed by atoms with Crippen molar-refractivity contribution in [2.45, 2.75) is 45.6 Å². The predicted molar refractivity (Wildman–Crippen MR) is 79.5 cm³/mol. The van der Waals surface area contributed by atoms with Crippen LogP contribution in [-0.2, 0) is 0 Å². The van der Waals surface area contributed by atoms with Gasteiger partial charge in [-0.1, -0.05) is 31.4 Å². The normalized spacial score (nSPS) is 15.1. The minimum absolute atomic E-state index is 0.0306. The molecule has 3 nitrogen and oxygen atoms in total. The first-order valence-electron chi connectivity index (χ1n) is 7.30. The highest BCUT2D eigenvalue weighted by molar-refractivity contribution is 5.99. The number of anilines is 1. The molecule has 1 saturated carbocycles. The van der Waals surface area contributed by atoms with E-state index in [1.165, 1.54) is 19.3 Å². The first-order valence-corrected chi connectivity index (χ1v) is 7.30. The second-order valence-electron chi connectivity index (χ2n) is 5.69. The molecule has 0 heterocycles. The zero-order valence-corrected chi connectivity index (χ0v) is 11.9. The molecule has 2 N–H and O–H groups in total. The molecule has 1 amide bonds. The van der Waals surface area contributed by atoms with Crippen molar-refractivity contribution >= 4 is 11.6 Å². The molecule has 0 unspecified atom stereocenters. The average Bonchev–Trinajstić information content (AvgIpc) is 2.32. The molecular formula is C16H24N2O. The van der Waals surface area contributed by atoms with E-state index in [1.807, 2.05) is 24.3 Å². The Morgan fingerprint density at radius 2 is 2.05 bits per heavy atom. The summed E-state index contributed by atoms with van der Waals surface area (Å²) in [5, 5.41) is 6.35. The van der Waals surface area contributed by atoms with Gasteiger partial charge in [0.2, 0.25) is 0 Å². The molecule has 1 aromatic rings. The maximum Gasteiger partial charge on any atom is 0.253 e. The van der Waals surface area contributed by atoms with Gasteiger partial charge in [-0.25, -0.2) is 0 Å². The second kappa shape index (κ2) is 6.60. The molecule has 0 spiro atoms. The molecule has 1 fully saturated rings. The van der Waals surface area contributed by atoms with Gasteiger partial charge in [0.05, 0.1) is 5.56 Å². The lowest BCUT2D eigenvalue weighted by molar-refractivity contribution is 0.0950. The van der Waals surface area contributed by atoms with Gasteiger partial charge < -0.3 is 10.6 Å². The third-order valence-electron chi connectivity index (χ3n) is 3.68. The highest BCUT2D eigenvalue weighted by Crippen LogP contribution is 2.28. The number of carbonyl (C=O) groups excluding carboxylic acids is 1. The molecule has 0 aromatic heterocycles. The van der Waals surface area contributed by atoms with Gasteiger partial charge in [-0.3, -0.25) is 4.79 Å². The van der Waals surface area contributed by atoms with Gasteiger partial charge in [-0.15, -0.1) is 0 Å². The molecule has 104 valence electrons. The zero-order chi connectivity index (χ0) is 13.7. The van der Waals surface area contributed by atoms with E-state index < -0.39 is 0 Å². The Hall–Kier alpha value is -1.51. The Bertz CT molecular complexity index is 425. The number of benzene rings is 1. The van der Waals surface area contributed by atoms with Crippen LogP contribution in [0.15, 0.2) is 24.3 Å². The van der Waals surface area contributed by atoms with Crippen LogP contribution in [-0.4, -0.2) is 18.5 Å². The SMILES string of the molecule is CC(C)Nc1ccccc1C(=O)NCCC1CCC1. The van der Waals surface area contributed by atoms with Gasteiger partial charge >= 0.3 is 0 Å². The molecule has 3 heteroatoms. The van der Waals surface area contributed by atoms with Crippen molar-refractivity contribution < 1.29 is 4.79 Å². The highest BCUT2D eigenvalue weighted by atomic mass is 16.1. The molecule has 0 bridgehead atoms. The molecule has 1 aliphatic rings. The van der Waals surface area contributed by atoms with E-state index in [0.717, 1.165) is 30.1 Å². The molecule has 2 rings (SSSR count). The van der Waals surface area contributed by atoms with Crippen molar-refractivity contribution in [3.8, 4) is 0 Å². The van der Waals surface area contributed by atoms with Crippen molar-refractivity contribution in [2.24, 2.45) is 5.92 Å². The Morgan fingerprint density at radius 3 is 2.68 bits per heavy atom. The summed E-state index contributed by atoms with van der Waals surface area (Å²) >= 11 is 0. The first kappa shape index (κ1) is 13.9. The van der Waals surface area contributed by atoms with E-state index in [4.69, 9.17) is 0 Å². The van der Waals surface area contributed by atoms with E-state index in [1.54, 1.807) is 0 Å². The molecule has 1 aromatic carbocycles. The Morgan fingerprint density at radius 1 is 1.32 bits per heavy atom. The van der Waals surface area contributed by atoms with Gasteiger partial charge in [0.25, 0.3) is 5.91 Å². The lowest BCUT2D eigenvalue weighted by atomic mass is 9.83. The van der Waals surface area contributed by atoms with Gasteiger partial charge in [-0.2, -0.15) is 0 Å².